The molecule has 1 aromatic heterocycles. The molecule has 4 heteroatoms. The maximum absolute atomic E-state index is 13.6. The molecule has 1 aliphatic heterocycles. The van der Waals surface area contributed by atoms with Crippen LogP contribution in [0.1, 0.15) is 68.9 Å². The van der Waals surface area contributed by atoms with E-state index in [1.807, 2.05) is 6.07 Å². The molecule has 0 N–H and O–H groups in total. The number of nitrogens with zero attached hydrogens (tertiary/aromatic N) is 2. The number of rotatable bonds is 5. The molecule has 0 saturated carbocycles. The predicted octanol–water partition coefficient (Wildman–Crippen LogP) is 6.66. The van der Waals surface area contributed by atoms with Crippen LogP contribution in [0.3, 0.4) is 0 Å². The van der Waals surface area contributed by atoms with Crippen LogP contribution in [0.2, 0.25) is 0 Å². The van der Waals surface area contributed by atoms with Crippen molar-refractivity contribution in [2.24, 2.45) is 0 Å². The van der Waals surface area contributed by atoms with Gasteiger partial charge in [-0.3, -0.25) is 9.59 Å². The number of carbonyl (C=O) groups excluding carboxylic acids is 2. The number of hydrogen-bond acceptors (Lipinski definition) is 3. The van der Waals surface area contributed by atoms with E-state index < -0.39 is 0 Å². The lowest BCUT2D eigenvalue weighted by Crippen LogP contribution is -2.38. The summed E-state index contributed by atoms with van der Waals surface area (Å²) in [6.45, 7) is 3.82. The van der Waals surface area contributed by atoms with Gasteiger partial charge in [0.15, 0.2) is 11.6 Å². The molecule has 3 aromatic rings. The van der Waals surface area contributed by atoms with Crippen molar-refractivity contribution in [2.45, 2.75) is 70.9 Å². The Morgan fingerprint density at radius 2 is 1.43 bits per heavy atom. The summed E-state index contributed by atoms with van der Waals surface area (Å²) >= 11 is 0. The lowest BCUT2D eigenvalue weighted by molar-refractivity contribution is -0.117. The molecule has 2 heterocycles. The Morgan fingerprint density at radius 3 is 2.09 bits per heavy atom. The van der Waals surface area contributed by atoms with Crippen LogP contribution in [0.5, 0.6) is 0 Å². The predicted molar refractivity (Wildman–Crippen MR) is 139 cm³/mol. The summed E-state index contributed by atoms with van der Waals surface area (Å²) in [4.78, 5) is 29.6. The van der Waals surface area contributed by atoms with Gasteiger partial charge in [-0.1, -0.05) is 55.5 Å². The molecule has 178 valence electrons. The maximum Gasteiger partial charge on any atom is 0.161 e. The van der Waals surface area contributed by atoms with Gasteiger partial charge >= 0.3 is 0 Å². The zero-order chi connectivity index (χ0) is 23.9. The molecule has 0 unspecified atom stereocenters. The lowest BCUT2D eigenvalue weighted by atomic mass is 9.71. The highest BCUT2D eigenvalue weighted by Crippen LogP contribution is 2.51. The summed E-state index contributed by atoms with van der Waals surface area (Å²) in [7, 11) is 0. The maximum atomic E-state index is 13.6. The summed E-state index contributed by atoms with van der Waals surface area (Å²) < 4.78 is 2.31. The molecule has 0 amide bonds. The van der Waals surface area contributed by atoms with Crippen molar-refractivity contribution in [3.05, 3.63) is 94.5 Å². The van der Waals surface area contributed by atoms with Crippen molar-refractivity contribution < 1.29 is 9.59 Å². The van der Waals surface area contributed by atoms with E-state index in [0.29, 0.717) is 19.4 Å². The van der Waals surface area contributed by atoms with Crippen molar-refractivity contribution in [2.75, 3.05) is 0 Å². The Morgan fingerprint density at radius 1 is 0.800 bits per heavy atom. The van der Waals surface area contributed by atoms with E-state index in [9.17, 15) is 9.59 Å². The molecule has 0 spiro atoms. The van der Waals surface area contributed by atoms with Crippen LogP contribution in [0.15, 0.2) is 83.3 Å². The molecule has 0 bridgehead atoms. The molecule has 4 nitrogen and oxygen atoms in total. The number of hydrogen-bond donors (Lipinski definition) is 0. The third-order valence-electron chi connectivity index (χ3n) is 7.86. The molecular formula is C31H32N2O2. The average molecular weight is 465 g/mol. The first-order chi connectivity index (χ1) is 17.2. The molecule has 2 aliphatic carbocycles. The van der Waals surface area contributed by atoms with Crippen molar-refractivity contribution in [1.82, 2.24) is 9.47 Å². The quantitative estimate of drug-likeness (QED) is 0.424. The molecule has 35 heavy (non-hydrogen) atoms. The Bertz CT molecular complexity index is 1330. The second kappa shape index (κ2) is 8.99. The fourth-order valence-corrected chi connectivity index (χ4v) is 6.42. The van der Waals surface area contributed by atoms with Gasteiger partial charge in [0, 0.05) is 71.5 Å². The van der Waals surface area contributed by atoms with E-state index in [-0.39, 0.29) is 17.5 Å². The van der Waals surface area contributed by atoms with Crippen LogP contribution in [0.4, 0.5) is 0 Å². The molecular weight excluding hydrogens is 432 g/mol. The van der Waals surface area contributed by atoms with Gasteiger partial charge in [-0.05, 0) is 49.3 Å². The number of ketones is 2. The fraction of sp³-hybridized carbons (Fsp3) is 0.355. The van der Waals surface area contributed by atoms with Crippen molar-refractivity contribution in [1.29, 1.82) is 0 Å². The SMILES string of the molecule is CCCn1cc(C2C3=C(CCCC3=O)N(Cc3ccccc3)C3=C2C(=O)CCC3)c2ccccc21. The first-order valence-electron chi connectivity index (χ1n) is 13.1. The van der Waals surface area contributed by atoms with Gasteiger partial charge in [0.1, 0.15) is 0 Å². The van der Waals surface area contributed by atoms with Crippen LogP contribution in [-0.2, 0) is 22.7 Å². The fourth-order valence-electron chi connectivity index (χ4n) is 6.42. The van der Waals surface area contributed by atoms with Crippen molar-refractivity contribution in [3.8, 4) is 0 Å². The van der Waals surface area contributed by atoms with Gasteiger partial charge in [0.25, 0.3) is 0 Å². The molecule has 0 saturated heterocycles. The highest BCUT2D eigenvalue weighted by atomic mass is 16.1. The van der Waals surface area contributed by atoms with Crippen molar-refractivity contribution >= 4 is 22.5 Å². The normalized spacial score (nSPS) is 18.9. The number of aryl methyl sites for hydroxylation is 1. The first-order valence-corrected chi connectivity index (χ1v) is 13.1. The van der Waals surface area contributed by atoms with Gasteiger partial charge in [-0.15, -0.1) is 0 Å². The summed E-state index contributed by atoms with van der Waals surface area (Å²) in [6, 6.07) is 18.9. The first kappa shape index (κ1) is 22.1. The minimum atomic E-state index is -0.254. The van der Waals surface area contributed by atoms with E-state index in [1.54, 1.807) is 0 Å². The van der Waals surface area contributed by atoms with E-state index >= 15 is 0 Å². The molecule has 0 radical (unpaired) electrons. The smallest absolute Gasteiger partial charge is 0.161 e. The van der Waals surface area contributed by atoms with Crippen LogP contribution in [0.25, 0.3) is 10.9 Å². The molecule has 6 rings (SSSR count). The second-order valence-electron chi connectivity index (χ2n) is 10.1. The van der Waals surface area contributed by atoms with Gasteiger partial charge in [0.2, 0.25) is 0 Å². The third kappa shape index (κ3) is 3.67. The number of para-hydroxylation sites is 1. The van der Waals surface area contributed by atoms with Crippen LogP contribution < -0.4 is 0 Å². The summed E-state index contributed by atoms with van der Waals surface area (Å²) in [5.74, 6) is 0.175. The lowest BCUT2D eigenvalue weighted by Gasteiger charge is -2.44. The highest BCUT2D eigenvalue weighted by molar-refractivity contribution is 6.07. The standard InChI is InChI=1S/C31H32N2O2/c1-2-18-32-20-23(22-12-6-7-13-24(22)32)29-30-25(14-8-16-27(30)34)33(19-21-10-4-3-5-11-21)26-15-9-17-28(35)31(26)29/h3-7,10-13,20,29H,2,8-9,14-19H2,1H3. The van der Waals surface area contributed by atoms with E-state index in [0.717, 1.165) is 72.1 Å². The van der Waals surface area contributed by atoms with Gasteiger partial charge in [-0.25, -0.2) is 0 Å². The number of allylic oxidation sites excluding steroid dienone is 4. The minimum absolute atomic E-state index is 0.214. The van der Waals surface area contributed by atoms with Crippen LogP contribution >= 0.6 is 0 Å². The Labute approximate surface area is 206 Å². The van der Waals surface area contributed by atoms with E-state index in [1.165, 1.54) is 11.1 Å². The number of aromatic nitrogens is 1. The van der Waals surface area contributed by atoms with Gasteiger partial charge < -0.3 is 9.47 Å². The third-order valence-corrected chi connectivity index (χ3v) is 7.86. The zero-order valence-corrected chi connectivity index (χ0v) is 20.4. The number of carbonyl (C=O) groups is 2. The van der Waals surface area contributed by atoms with Gasteiger partial charge in [-0.2, -0.15) is 0 Å². The highest BCUT2D eigenvalue weighted by Gasteiger charge is 2.44. The largest absolute Gasteiger partial charge is 0.347 e. The monoisotopic (exact) mass is 464 g/mol. The van der Waals surface area contributed by atoms with Gasteiger partial charge in [0.05, 0.1) is 0 Å². The second-order valence-corrected chi connectivity index (χ2v) is 10.1. The molecule has 2 aromatic carbocycles. The van der Waals surface area contributed by atoms with E-state index in [4.69, 9.17) is 0 Å². The Hall–Kier alpha value is -3.40. The van der Waals surface area contributed by atoms with Crippen LogP contribution in [0, 0.1) is 0 Å². The minimum Gasteiger partial charge on any atom is -0.347 e. The van der Waals surface area contributed by atoms with Crippen LogP contribution in [-0.4, -0.2) is 21.0 Å². The Kier molecular flexibility index (Phi) is 5.68. The number of fused-ring (bicyclic) bond motifs is 1. The average Bonchev–Trinajstić information content (AvgIpc) is 3.24. The molecule has 0 atom stereocenters. The van der Waals surface area contributed by atoms with Crippen molar-refractivity contribution in [3.63, 3.8) is 0 Å². The zero-order valence-electron chi connectivity index (χ0n) is 20.4. The molecule has 0 fully saturated rings. The topological polar surface area (TPSA) is 42.3 Å². The Balaban J connectivity index is 1.59. The summed E-state index contributed by atoms with van der Waals surface area (Å²) in [6.07, 6.45) is 7.94. The summed E-state index contributed by atoms with van der Waals surface area (Å²) in [5, 5.41) is 1.16. The number of Topliss-reactive ketones (excluding diaryl/α,β-unsaturated/α-hetero) is 2. The number of benzene rings is 2. The summed E-state index contributed by atoms with van der Waals surface area (Å²) in [5.41, 5.74) is 7.57. The van der Waals surface area contributed by atoms with E-state index in [2.05, 4.69) is 71.1 Å². The molecule has 3 aliphatic rings.